The van der Waals surface area contributed by atoms with Gasteiger partial charge in [0.15, 0.2) is 0 Å². The van der Waals surface area contributed by atoms with E-state index in [0.717, 1.165) is 10.4 Å². The van der Waals surface area contributed by atoms with Gasteiger partial charge in [0.05, 0.1) is 6.54 Å². The highest BCUT2D eigenvalue weighted by molar-refractivity contribution is 5.02. The van der Waals surface area contributed by atoms with Gasteiger partial charge in [0.2, 0.25) is 0 Å². The molecule has 2 rings (SSSR count). The predicted molar refractivity (Wildman–Crippen MR) is 58.9 cm³/mol. The number of nitrogens with zero attached hydrogens (tertiary/aromatic N) is 4. The second-order valence-corrected chi connectivity index (χ2v) is 4.10. The van der Waals surface area contributed by atoms with E-state index < -0.39 is 6.55 Å². The summed E-state index contributed by atoms with van der Waals surface area (Å²) in [4.78, 5) is 8.16. The van der Waals surface area contributed by atoms with Gasteiger partial charge in [0.1, 0.15) is 11.6 Å². The lowest BCUT2D eigenvalue weighted by molar-refractivity contribution is 0.0666. The van der Waals surface area contributed by atoms with Crippen molar-refractivity contribution in [3.8, 4) is 0 Å². The van der Waals surface area contributed by atoms with Crippen molar-refractivity contribution in [1.29, 1.82) is 0 Å². The minimum Gasteiger partial charge on any atom is -0.327 e. The SMILES string of the molecule is CC(C)c1nccn1Cc1nccn1C(F)F. The highest BCUT2D eigenvalue weighted by atomic mass is 19.3. The first-order valence-corrected chi connectivity index (χ1v) is 5.40. The van der Waals surface area contributed by atoms with Crippen LogP contribution in [0.5, 0.6) is 0 Å². The molecule has 6 heteroatoms. The normalized spacial score (nSPS) is 11.6. The molecule has 0 aliphatic rings. The molecule has 0 radical (unpaired) electrons. The average molecular weight is 240 g/mol. The van der Waals surface area contributed by atoms with Crippen LogP contribution in [0.3, 0.4) is 0 Å². The van der Waals surface area contributed by atoms with E-state index in [9.17, 15) is 8.78 Å². The standard InChI is InChI=1S/C11H14F2N4/c1-8(2)10-15-3-5-16(10)7-9-14-4-6-17(9)11(12)13/h3-6,8,11H,7H2,1-2H3. The maximum absolute atomic E-state index is 12.6. The number of hydrogen-bond donors (Lipinski definition) is 0. The lowest BCUT2D eigenvalue weighted by atomic mass is 10.2. The summed E-state index contributed by atoms with van der Waals surface area (Å²) < 4.78 is 28.0. The minimum absolute atomic E-state index is 0.250. The van der Waals surface area contributed by atoms with Crippen molar-refractivity contribution in [2.24, 2.45) is 0 Å². The number of alkyl halides is 2. The van der Waals surface area contributed by atoms with Gasteiger partial charge in [0.25, 0.3) is 0 Å². The summed E-state index contributed by atoms with van der Waals surface area (Å²) in [5.41, 5.74) is 0. The third-order valence-electron chi connectivity index (χ3n) is 2.53. The number of imidazole rings is 2. The summed E-state index contributed by atoms with van der Waals surface area (Å²) in [5.74, 6) is 1.45. The monoisotopic (exact) mass is 240 g/mol. The molecule has 0 spiro atoms. The summed E-state index contributed by atoms with van der Waals surface area (Å²) in [6, 6.07) is 0. The molecule has 2 aromatic rings. The van der Waals surface area contributed by atoms with E-state index in [4.69, 9.17) is 0 Å². The average Bonchev–Trinajstić information content (AvgIpc) is 2.86. The van der Waals surface area contributed by atoms with Crippen molar-refractivity contribution in [3.05, 3.63) is 36.4 Å². The van der Waals surface area contributed by atoms with Gasteiger partial charge in [0, 0.05) is 30.7 Å². The lowest BCUT2D eigenvalue weighted by Crippen LogP contribution is -2.11. The molecule has 0 unspecified atom stereocenters. The van der Waals surface area contributed by atoms with Gasteiger partial charge in [-0.05, 0) is 0 Å². The maximum atomic E-state index is 12.6. The zero-order valence-corrected chi connectivity index (χ0v) is 9.72. The molecule has 0 aliphatic carbocycles. The third-order valence-corrected chi connectivity index (χ3v) is 2.53. The van der Waals surface area contributed by atoms with Crippen LogP contribution in [0, 0.1) is 0 Å². The smallest absolute Gasteiger partial charge is 0.319 e. The van der Waals surface area contributed by atoms with Crippen LogP contribution in [0.25, 0.3) is 0 Å². The third kappa shape index (κ3) is 2.35. The Balaban J connectivity index is 2.25. The van der Waals surface area contributed by atoms with Crippen LogP contribution in [-0.2, 0) is 6.54 Å². The molecule has 0 N–H and O–H groups in total. The van der Waals surface area contributed by atoms with Crippen molar-refractivity contribution < 1.29 is 8.78 Å². The predicted octanol–water partition coefficient (Wildman–Crippen LogP) is 2.65. The molecular formula is C11H14F2N4. The van der Waals surface area contributed by atoms with E-state index >= 15 is 0 Å². The Bertz CT molecular complexity index is 443. The molecule has 2 heterocycles. The Morgan fingerprint density at radius 1 is 1.18 bits per heavy atom. The fraction of sp³-hybridized carbons (Fsp3) is 0.455. The van der Waals surface area contributed by atoms with Gasteiger partial charge >= 0.3 is 6.55 Å². The van der Waals surface area contributed by atoms with Gasteiger partial charge < -0.3 is 4.57 Å². The molecule has 92 valence electrons. The molecule has 0 aromatic carbocycles. The van der Waals surface area contributed by atoms with Gasteiger partial charge in [-0.1, -0.05) is 13.8 Å². The second kappa shape index (κ2) is 4.65. The topological polar surface area (TPSA) is 35.6 Å². The first kappa shape index (κ1) is 11.8. The van der Waals surface area contributed by atoms with E-state index in [1.165, 1.54) is 12.4 Å². The highest BCUT2D eigenvalue weighted by Crippen LogP contribution is 2.16. The van der Waals surface area contributed by atoms with Crippen LogP contribution in [0.1, 0.15) is 38.0 Å². The van der Waals surface area contributed by atoms with E-state index in [1.807, 2.05) is 18.4 Å². The minimum atomic E-state index is -2.56. The molecule has 17 heavy (non-hydrogen) atoms. The Labute approximate surface area is 97.9 Å². The number of halogens is 2. The van der Waals surface area contributed by atoms with Crippen LogP contribution in [0.2, 0.25) is 0 Å². The summed E-state index contributed by atoms with van der Waals surface area (Å²) in [6.45, 7) is 1.78. The molecule has 0 atom stereocenters. The zero-order chi connectivity index (χ0) is 12.4. The molecule has 0 amide bonds. The first-order valence-electron chi connectivity index (χ1n) is 5.40. The molecule has 0 fully saturated rings. The maximum Gasteiger partial charge on any atom is 0.319 e. The van der Waals surface area contributed by atoms with E-state index in [0.29, 0.717) is 12.4 Å². The Hall–Kier alpha value is -1.72. The van der Waals surface area contributed by atoms with Gasteiger partial charge in [-0.15, -0.1) is 0 Å². The molecule has 0 aliphatic heterocycles. The fourth-order valence-corrected chi connectivity index (χ4v) is 1.75. The van der Waals surface area contributed by atoms with Crippen LogP contribution in [0.4, 0.5) is 8.78 Å². The number of hydrogen-bond acceptors (Lipinski definition) is 2. The van der Waals surface area contributed by atoms with E-state index in [-0.39, 0.29) is 5.92 Å². The molecule has 0 saturated heterocycles. The van der Waals surface area contributed by atoms with Gasteiger partial charge in [-0.3, -0.25) is 4.57 Å². The van der Waals surface area contributed by atoms with Crippen molar-refractivity contribution in [1.82, 2.24) is 19.1 Å². The molecular weight excluding hydrogens is 226 g/mol. The van der Waals surface area contributed by atoms with Gasteiger partial charge in [-0.2, -0.15) is 8.78 Å². The van der Waals surface area contributed by atoms with Gasteiger partial charge in [-0.25, -0.2) is 9.97 Å². The summed E-state index contributed by atoms with van der Waals surface area (Å²) >= 11 is 0. The quantitative estimate of drug-likeness (QED) is 0.823. The van der Waals surface area contributed by atoms with E-state index in [1.54, 1.807) is 12.4 Å². The van der Waals surface area contributed by atoms with Crippen LogP contribution in [0.15, 0.2) is 24.8 Å². The van der Waals surface area contributed by atoms with Crippen LogP contribution >= 0.6 is 0 Å². The summed E-state index contributed by atoms with van der Waals surface area (Å²) in [5, 5.41) is 0. The number of rotatable bonds is 4. The summed E-state index contributed by atoms with van der Waals surface area (Å²) in [6.07, 6.45) is 6.12. The Morgan fingerprint density at radius 3 is 2.53 bits per heavy atom. The molecule has 4 nitrogen and oxygen atoms in total. The first-order chi connectivity index (χ1) is 8.09. The number of aromatic nitrogens is 4. The highest BCUT2D eigenvalue weighted by Gasteiger charge is 2.14. The van der Waals surface area contributed by atoms with Crippen molar-refractivity contribution in [3.63, 3.8) is 0 Å². The lowest BCUT2D eigenvalue weighted by Gasteiger charge is -2.11. The fourth-order valence-electron chi connectivity index (χ4n) is 1.75. The van der Waals surface area contributed by atoms with Crippen molar-refractivity contribution in [2.45, 2.75) is 32.9 Å². The molecule has 0 saturated carbocycles. The second-order valence-electron chi connectivity index (χ2n) is 4.10. The van der Waals surface area contributed by atoms with Crippen LogP contribution in [-0.4, -0.2) is 19.1 Å². The Kier molecular flexibility index (Phi) is 3.21. The van der Waals surface area contributed by atoms with E-state index in [2.05, 4.69) is 9.97 Å². The molecule has 0 bridgehead atoms. The zero-order valence-electron chi connectivity index (χ0n) is 9.72. The van der Waals surface area contributed by atoms with Crippen molar-refractivity contribution >= 4 is 0 Å². The largest absolute Gasteiger partial charge is 0.327 e. The molecule has 2 aromatic heterocycles. The van der Waals surface area contributed by atoms with Crippen molar-refractivity contribution in [2.75, 3.05) is 0 Å². The Morgan fingerprint density at radius 2 is 1.88 bits per heavy atom. The van der Waals surface area contributed by atoms with Crippen LogP contribution < -0.4 is 0 Å². The summed E-state index contributed by atoms with van der Waals surface area (Å²) in [7, 11) is 0.